The van der Waals surface area contributed by atoms with Crippen LogP contribution in [0.4, 0.5) is 5.82 Å². The summed E-state index contributed by atoms with van der Waals surface area (Å²) in [6.45, 7) is 5.68. The second-order valence-electron chi connectivity index (χ2n) is 5.69. The number of nitrogens with one attached hydrogen (secondary N) is 1. The molecule has 0 saturated carbocycles. The molecule has 1 unspecified atom stereocenters. The van der Waals surface area contributed by atoms with Gasteiger partial charge in [-0.05, 0) is 32.6 Å². The summed E-state index contributed by atoms with van der Waals surface area (Å²) in [5, 5.41) is 2.98. The Morgan fingerprint density at radius 3 is 2.77 bits per heavy atom. The number of carbonyl (C=O) groups is 1. The number of likely N-dealkylation sites (N-methyl/N-ethyl adjacent to an activating group) is 1. The molecule has 6 heteroatoms. The van der Waals surface area contributed by atoms with Crippen molar-refractivity contribution in [2.75, 3.05) is 45.3 Å². The third kappa shape index (κ3) is 4.42. The van der Waals surface area contributed by atoms with Crippen molar-refractivity contribution in [1.82, 2.24) is 15.2 Å². The van der Waals surface area contributed by atoms with Crippen LogP contribution in [0.25, 0.3) is 0 Å². The maximum Gasteiger partial charge on any atom is 0.237 e. The summed E-state index contributed by atoms with van der Waals surface area (Å²) in [6, 6.07) is 5.84. The number of rotatable bonds is 6. The lowest BCUT2D eigenvalue weighted by molar-refractivity contribution is -0.125. The van der Waals surface area contributed by atoms with Crippen LogP contribution in [0.3, 0.4) is 0 Å². The average molecular weight is 306 g/mol. The highest BCUT2D eigenvalue weighted by atomic mass is 16.5. The van der Waals surface area contributed by atoms with Gasteiger partial charge < -0.3 is 15.0 Å². The average Bonchev–Trinajstić information content (AvgIpc) is 2.54. The Balaban J connectivity index is 1.94. The molecule has 0 radical (unpaired) electrons. The van der Waals surface area contributed by atoms with Crippen LogP contribution in [0.5, 0.6) is 0 Å². The lowest BCUT2D eigenvalue weighted by atomic mass is 10.2. The summed E-state index contributed by atoms with van der Waals surface area (Å²) >= 11 is 0. The fourth-order valence-corrected chi connectivity index (χ4v) is 2.61. The molecular weight excluding hydrogens is 280 g/mol. The van der Waals surface area contributed by atoms with Gasteiger partial charge in [-0.2, -0.15) is 0 Å². The number of nitrogens with zero attached hydrogens (tertiary/aromatic N) is 3. The zero-order chi connectivity index (χ0) is 15.9. The molecule has 1 atom stereocenters. The Hall–Kier alpha value is -1.66. The van der Waals surface area contributed by atoms with E-state index < -0.39 is 0 Å². The lowest BCUT2D eigenvalue weighted by Crippen LogP contribution is -2.42. The normalized spacial score (nSPS) is 16.6. The maximum absolute atomic E-state index is 12.2. The molecule has 2 rings (SSSR count). The SMILES string of the molecule is CCC(C(=O)NCc1cccc(N2CCOCC2)n1)N(C)C. The van der Waals surface area contributed by atoms with Gasteiger partial charge in [0, 0.05) is 13.1 Å². The minimum atomic E-state index is -0.0950. The monoisotopic (exact) mass is 306 g/mol. The number of ether oxygens (including phenoxy) is 1. The summed E-state index contributed by atoms with van der Waals surface area (Å²) in [6.07, 6.45) is 0.792. The van der Waals surface area contributed by atoms with Crippen LogP contribution in [0.15, 0.2) is 18.2 Å². The van der Waals surface area contributed by atoms with Gasteiger partial charge in [0.05, 0.1) is 31.5 Å². The highest BCUT2D eigenvalue weighted by Crippen LogP contribution is 2.13. The third-order valence-electron chi connectivity index (χ3n) is 3.88. The van der Waals surface area contributed by atoms with Gasteiger partial charge in [-0.25, -0.2) is 4.98 Å². The number of carbonyl (C=O) groups excluding carboxylic acids is 1. The standard InChI is InChI=1S/C16H26N4O2/c1-4-14(19(2)3)16(21)17-12-13-6-5-7-15(18-13)20-8-10-22-11-9-20/h5-7,14H,4,8-12H2,1-3H3,(H,17,21). The number of amides is 1. The van der Waals surface area contributed by atoms with E-state index in [1.165, 1.54) is 0 Å². The van der Waals surface area contributed by atoms with E-state index in [9.17, 15) is 4.79 Å². The lowest BCUT2D eigenvalue weighted by Gasteiger charge is -2.28. The number of hydrogen-bond acceptors (Lipinski definition) is 5. The molecule has 2 heterocycles. The van der Waals surface area contributed by atoms with Crippen molar-refractivity contribution in [3.05, 3.63) is 23.9 Å². The molecule has 6 nitrogen and oxygen atoms in total. The molecule has 0 aliphatic carbocycles. The van der Waals surface area contributed by atoms with E-state index in [4.69, 9.17) is 4.74 Å². The Kier molecular flexibility index (Phi) is 6.15. The first kappa shape index (κ1) is 16.7. The van der Waals surface area contributed by atoms with E-state index in [0.29, 0.717) is 6.54 Å². The van der Waals surface area contributed by atoms with Crippen molar-refractivity contribution in [1.29, 1.82) is 0 Å². The van der Waals surface area contributed by atoms with Crippen LogP contribution < -0.4 is 10.2 Å². The molecule has 1 saturated heterocycles. The van der Waals surface area contributed by atoms with E-state index in [1.54, 1.807) is 0 Å². The molecule has 0 bridgehead atoms. The Morgan fingerprint density at radius 1 is 1.41 bits per heavy atom. The third-order valence-corrected chi connectivity index (χ3v) is 3.88. The molecule has 122 valence electrons. The summed E-state index contributed by atoms with van der Waals surface area (Å²) in [4.78, 5) is 21.0. The first-order valence-corrected chi connectivity index (χ1v) is 7.84. The van der Waals surface area contributed by atoms with Gasteiger partial charge in [-0.3, -0.25) is 9.69 Å². The Bertz CT molecular complexity index is 487. The van der Waals surface area contributed by atoms with E-state index in [0.717, 1.165) is 44.2 Å². The number of anilines is 1. The molecule has 1 amide bonds. The minimum Gasteiger partial charge on any atom is -0.378 e. The van der Waals surface area contributed by atoms with E-state index >= 15 is 0 Å². The fourth-order valence-electron chi connectivity index (χ4n) is 2.61. The number of hydrogen-bond donors (Lipinski definition) is 1. The van der Waals surface area contributed by atoms with Crippen LogP contribution in [0, 0.1) is 0 Å². The van der Waals surface area contributed by atoms with Gasteiger partial charge in [0.15, 0.2) is 0 Å². The topological polar surface area (TPSA) is 57.7 Å². The molecule has 1 fully saturated rings. The van der Waals surface area contributed by atoms with Crippen LogP contribution in [0.1, 0.15) is 19.0 Å². The highest BCUT2D eigenvalue weighted by molar-refractivity contribution is 5.81. The predicted octanol–water partition coefficient (Wildman–Crippen LogP) is 0.875. The van der Waals surface area contributed by atoms with E-state index in [-0.39, 0.29) is 11.9 Å². The van der Waals surface area contributed by atoms with Gasteiger partial charge >= 0.3 is 0 Å². The molecule has 1 aliphatic rings. The molecule has 1 aromatic rings. The predicted molar refractivity (Wildman–Crippen MR) is 86.9 cm³/mol. The molecule has 1 N–H and O–H groups in total. The van der Waals surface area contributed by atoms with Crippen LogP contribution in [-0.2, 0) is 16.1 Å². The van der Waals surface area contributed by atoms with E-state index in [2.05, 4.69) is 15.2 Å². The second kappa shape index (κ2) is 8.10. The largest absolute Gasteiger partial charge is 0.378 e. The van der Waals surface area contributed by atoms with E-state index in [1.807, 2.05) is 44.1 Å². The van der Waals surface area contributed by atoms with Crippen molar-refractivity contribution >= 4 is 11.7 Å². The van der Waals surface area contributed by atoms with Gasteiger partial charge in [0.2, 0.25) is 5.91 Å². The smallest absolute Gasteiger partial charge is 0.237 e. The zero-order valence-electron chi connectivity index (χ0n) is 13.7. The minimum absolute atomic E-state index is 0.0473. The Morgan fingerprint density at radius 2 is 2.14 bits per heavy atom. The van der Waals surface area contributed by atoms with Gasteiger partial charge in [0.25, 0.3) is 0 Å². The van der Waals surface area contributed by atoms with Crippen LogP contribution in [0.2, 0.25) is 0 Å². The summed E-state index contributed by atoms with van der Waals surface area (Å²) in [5.74, 6) is 1.00. The van der Waals surface area contributed by atoms with Crippen molar-refractivity contribution in [2.45, 2.75) is 25.9 Å². The molecule has 22 heavy (non-hydrogen) atoms. The Labute approximate surface area is 132 Å². The molecular formula is C16H26N4O2. The van der Waals surface area contributed by atoms with Gasteiger partial charge in [-0.15, -0.1) is 0 Å². The summed E-state index contributed by atoms with van der Waals surface area (Å²) in [7, 11) is 3.84. The first-order chi connectivity index (χ1) is 10.6. The zero-order valence-corrected chi connectivity index (χ0v) is 13.7. The van der Waals surface area contributed by atoms with Crippen molar-refractivity contribution in [2.24, 2.45) is 0 Å². The molecule has 1 aliphatic heterocycles. The van der Waals surface area contributed by atoms with Crippen molar-refractivity contribution in [3.63, 3.8) is 0 Å². The molecule has 1 aromatic heterocycles. The maximum atomic E-state index is 12.2. The van der Waals surface area contributed by atoms with Gasteiger partial charge in [-0.1, -0.05) is 13.0 Å². The molecule has 0 aromatic carbocycles. The van der Waals surface area contributed by atoms with Crippen LogP contribution >= 0.6 is 0 Å². The molecule has 0 spiro atoms. The fraction of sp³-hybridized carbons (Fsp3) is 0.625. The first-order valence-electron chi connectivity index (χ1n) is 7.84. The van der Waals surface area contributed by atoms with Crippen LogP contribution in [-0.4, -0.2) is 62.2 Å². The number of morpholine rings is 1. The van der Waals surface area contributed by atoms with Gasteiger partial charge in [0.1, 0.15) is 5.82 Å². The highest BCUT2D eigenvalue weighted by Gasteiger charge is 2.18. The summed E-state index contributed by atoms with van der Waals surface area (Å²) < 4.78 is 5.36. The summed E-state index contributed by atoms with van der Waals surface area (Å²) in [5.41, 5.74) is 0.881. The quantitative estimate of drug-likeness (QED) is 0.845. The number of aromatic nitrogens is 1. The number of pyridine rings is 1. The van der Waals surface area contributed by atoms with Crippen molar-refractivity contribution < 1.29 is 9.53 Å². The van der Waals surface area contributed by atoms with Crippen molar-refractivity contribution in [3.8, 4) is 0 Å². The second-order valence-corrected chi connectivity index (χ2v) is 5.69.